The Morgan fingerprint density at radius 2 is 1.89 bits per heavy atom. The van der Waals surface area contributed by atoms with Crippen LogP contribution in [-0.2, 0) is 4.79 Å². The maximum atomic E-state index is 12.2. The molecule has 2 atom stereocenters. The van der Waals surface area contributed by atoms with Crippen molar-refractivity contribution < 1.29 is 14.4 Å². The minimum Gasteiger partial charge on any atom is -0.323 e. The lowest BCUT2D eigenvalue weighted by atomic mass is 10.1. The van der Waals surface area contributed by atoms with Crippen molar-refractivity contribution in [3.8, 4) is 0 Å². The van der Waals surface area contributed by atoms with Gasteiger partial charge >= 0.3 is 12.1 Å². The van der Waals surface area contributed by atoms with E-state index in [0.717, 1.165) is 12.8 Å². The summed E-state index contributed by atoms with van der Waals surface area (Å²) in [4.78, 5) is 38.4. The molecule has 2 rings (SSSR count). The van der Waals surface area contributed by atoms with Crippen molar-refractivity contribution in [1.29, 1.82) is 0 Å². The Morgan fingerprint density at radius 3 is 2.50 bits per heavy atom. The Kier molecular flexibility index (Phi) is 3.40. The Morgan fingerprint density at radius 1 is 1.17 bits per heavy atom. The number of fused-ring (bicyclic) bond motifs is 1. The second-order valence-electron chi connectivity index (χ2n) is 4.45. The van der Waals surface area contributed by atoms with Crippen LogP contribution in [0.5, 0.6) is 0 Å². The zero-order valence-corrected chi connectivity index (χ0v) is 10.6. The molecule has 2 unspecified atom stereocenters. The van der Waals surface area contributed by atoms with Gasteiger partial charge in [-0.15, -0.1) is 0 Å². The summed E-state index contributed by atoms with van der Waals surface area (Å²) in [5.74, 6) is -0.318. The second-order valence-corrected chi connectivity index (χ2v) is 4.45. The van der Waals surface area contributed by atoms with E-state index in [0.29, 0.717) is 13.1 Å². The number of urea groups is 2. The van der Waals surface area contributed by atoms with Crippen LogP contribution >= 0.6 is 0 Å². The largest absolute Gasteiger partial charge is 0.328 e. The number of unbranched alkanes of at least 4 members (excludes halogenated alkanes) is 1. The molecule has 7 nitrogen and oxygen atoms in total. The Balaban J connectivity index is 2.22. The summed E-state index contributed by atoms with van der Waals surface area (Å²) in [7, 11) is 0. The van der Waals surface area contributed by atoms with Gasteiger partial charge in [0.25, 0.3) is 5.91 Å². The van der Waals surface area contributed by atoms with Gasteiger partial charge in [-0.05, 0) is 13.3 Å². The molecule has 0 saturated carbocycles. The number of likely N-dealkylation sites (N-methyl/N-ethyl adjacent to an activating group) is 1. The molecule has 2 N–H and O–H groups in total. The molecule has 2 heterocycles. The zero-order valence-electron chi connectivity index (χ0n) is 10.6. The number of hydrogen-bond donors (Lipinski definition) is 2. The van der Waals surface area contributed by atoms with Crippen LogP contribution in [0.25, 0.3) is 0 Å². The number of nitrogens with zero attached hydrogens (tertiary/aromatic N) is 2. The number of carbonyl (C=O) groups excluding carboxylic acids is 3. The predicted molar refractivity (Wildman–Crippen MR) is 63.6 cm³/mol. The number of nitrogens with one attached hydrogen (secondary N) is 2. The summed E-state index contributed by atoms with van der Waals surface area (Å²) >= 11 is 0. The summed E-state index contributed by atoms with van der Waals surface area (Å²) < 4.78 is 0. The second kappa shape index (κ2) is 4.83. The topological polar surface area (TPSA) is 81.8 Å². The summed E-state index contributed by atoms with van der Waals surface area (Å²) in [6, 6.07) is -1.38. The number of amides is 5. The van der Waals surface area contributed by atoms with Crippen LogP contribution in [-0.4, -0.2) is 53.1 Å². The quantitative estimate of drug-likeness (QED) is 0.745. The van der Waals surface area contributed by atoms with Crippen LogP contribution in [0.1, 0.15) is 26.7 Å². The number of hydrogen-bond acceptors (Lipinski definition) is 3. The summed E-state index contributed by atoms with van der Waals surface area (Å²) in [6.07, 6.45) is 1.12. The van der Waals surface area contributed by atoms with Crippen LogP contribution in [0, 0.1) is 0 Å². The normalized spacial score (nSPS) is 27.1. The van der Waals surface area contributed by atoms with E-state index in [2.05, 4.69) is 10.6 Å². The fourth-order valence-corrected chi connectivity index (χ4v) is 2.32. The van der Waals surface area contributed by atoms with Gasteiger partial charge in [0, 0.05) is 13.1 Å². The van der Waals surface area contributed by atoms with E-state index < -0.39 is 18.2 Å². The fraction of sp³-hybridized carbons (Fsp3) is 0.727. The Bertz CT molecular complexity index is 384. The third-order valence-corrected chi connectivity index (χ3v) is 3.30. The summed E-state index contributed by atoms with van der Waals surface area (Å²) in [6.45, 7) is 4.69. The Hall–Kier alpha value is -1.79. The van der Waals surface area contributed by atoms with Crippen LogP contribution < -0.4 is 10.6 Å². The lowest BCUT2D eigenvalue weighted by molar-refractivity contribution is -0.134. The Labute approximate surface area is 105 Å². The molecule has 0 spiro atoms. The molecule has 0 aromatic carbocycles. The first-order valence-corrected chi connectivity index (χ1v) is 6.29. The first-order chi connectivity index (χ1) is 8.60. The monoisotopic (exact) mass is 254 g/mol. The van der Waals surface area contributed by atoms with Gasteiger partial charge in [0.1, 0.15) is 12.2 Å². The van der Waals surface area contributed by atoms with Crippen LogP contribution in [0.3, 0.4) is 0 Å². The van der Waals surface area contributed by atoms with Crippen molar-refractivity contribution in [1.82, 2.24) is 20.4 Å². The summed E-state index contributed by atoms with van der Waals surface area (Å²) in [5, 5.41) is 5.16. The van der Waals surface area contributed by atoms with E-state index in [1.807, 2.05) is 13.8 Å². The molecule has 7 heteroatoms. The average molecular weight is 254 g/mol. The zero-order chi connectivity index (χ0) is 13.3. The van der Waals surface area contributed by atoms with E-state index >= 15 is 0 Å². The predicted octanol–water partition coefficient (Wildman–Crippen LogP) is 0.0781. The van der Waals surface area contributed by atoms with Gasteiger partial charge in [-0.25, -0.2) is 9.59 Å². The number of rotatable bonds is 4. The van der Waals surface area contributed by atoms with Gasteiger partial charge in [0.15, 0.2) is 0 Å². The highest BCUT2D eigenvalue weighted by Crippen LogP contribution is 2.19. The van der Waals surface area contributed by atoms with E-state index in [1.54, 1.807) is 0 Å². The van der Waals surface area contributed by atoms with E-state index in [4.69, 9.17) is 0 Å². The molecule has 0 radical (unpaired) electrons. The minimum atomic E-state index is -0.660. The molecule has 2 fully saturated rings. The van der Waals surface area contributed by atoms with Gasteiger partial charge in [-0.1, -0.05) is 13.3 Å². The smallest absolute Gasteiger partial charge is 0.323 e. The molecule has 0 aromatic heterocycles. The minimum absolute atomic E-state index is 0.318. The molecule has 0 aliphatic carbocycles. The van der Waals surface area contributed by atoms with E-state index in [-0.39, 0.29) is 11.9 Å². The average Bonchev–Trinajstić information content (AvgIpc) is 2.72. The van der Waals surface area contributed by atoms with Crippen molar-refractivity contribution in [2.24, 2.45) is 0 Å². The standard InChI is InChI=1S/C11H18N4O3/c1-3-5-6-15-9(16)7-8(13-10(17)12-7)14(4-2)11(15)18/h7-8H,3-6H2,1-2H3,(H2,12,13,17). The molecule has 5 amide bonds. The molecule has 100 valence electrons. The van der Waals surface area contributed by atoms with Gasteiger partial charge in [-0.3, -0.25) is 9.69 Å². The van der Waals surface area contributed by atoms with E-state index in [9.17, 15) is 14.4 Å². The number of carbonyl (C=O) groups is 3. The third-order valence-electron chi connectivity index (χ3n) is 3.30. The van der Waals surface area contributed by atoms with Crippen molar-refractivity contribution >= 4 is 18.0 Å². The molecule has 0 bridgehead atoms. The molecule has 0 aromatic rings. The van der Waals surface area contributed by atoms with Crippen molar-refractivity contribution in [3.63, 3.8) is 0 Å². The van der Waals surface area contributed by atoms with Gasteiger partial charge in [0.05, 0.1) is 0 Å². The molecule has 2 aliphatic rings. The maximum Gasteiger partial charge on any atom is 0.328 e. The molecule has 2 aliphatic heterocycles. The lowest BCUT2D eigenvalue weighted by Crippen LogP contribution is -2.66. The van der Waals surface area contributed by atoms with Gasteiger partial charge in [-0.2, -0.15) is 0 Å². The highest BCUT2D eigenvalue weighted by molar-refractivity contribution is 6.03. The number of imide groups is 1. The van der Waals surface area contributed by atoms with Gasteiger partial charge < -0.3 is 15.5 Å². The SMILES string of the molecule is CCCCN1C(=O)C2NC(=O)NC2N(CC)C1=O. The van der Waals surface area contributed by atoms with Crippen molar-refractivity contribution in [3.05, 3.63) is 0 Å². The first kappa shape index (κ1) is 12.7. The van der Waals surface area contributed by atoms with Crippen LogP contribution in [0.2, 0.25) is 0 Å². The highest BCUT2D eigenvalue weighted by atomic mass is 16.2. The highest BCUT2D eigenvalue weighted by Gasteiger charge is 2.50. The van der Waals surface area contributed by atoms with Gasteiger partial charge in [0.2, 0.25) is 0 Å². The molecule has 18 heavy (non-hydrogen) atoms. The van der Waals surface area contributed by atoms with Crippen molar-refractivity contribution in [2.45, 2.75) is 38.9 Å². The lowest BCUT2D eigenvalue weighted by Gasteiger charge is -2.40. The first-order valence-electron chi connectivity index (χ1n) is 6.29. The maximum absolute atomic E-state index is 12.2. The molecular formula is C11H18N4O3. The van der Waals surface area contributed by atoms with Crippen LogP contribution in [0.4, 0.5) is 9.59 Å². The third kappa shape index (κ3) is 1.89. The summed E-state index contributed by atoms with van der Waals surface area (Å²) in [5.41, 5.74) is 0. The molecule has 2 saturated heterocycles. The van der Waals surface area contributed by atoms with Crippen molar-refractivity contribution in [2.75, 3.05) is 13.1 Å². The van der Waals surface area contributed by atoms with E-state index in [1.165, 1.54) is 9.80 Å². The fourth-order valence-electron chi connectivity index (χ4n) is 2.32. The van der Waals surface area contributed by atoms with Crippen LogP contribution in [0.15, 0.2) is 0 Å². The molecular weight excluding hydrogens is 236 g/mol.